The second-order valence-corrected chi connectivity index (χ2v) is 11.4. The van der Waals surface area contributed by atoms with Gasteiger partial charge in [-0.25, -0.2) is 0 Å². The number of nitrogens with one attached hydrogen (secondary N) is 3. The van der Waals surface area contributed by atoms with Crippen molar-refractivity contribution in [2.45, 2.75) is 30.9 Å². The summed E-state index contributed by atoms with van der Waals surface area (Å²) in [7, 11) is 0. The Morgan fingerprint density at radius 1 is 0.780 bits per heavy atom. The van der Waals surface area contributed by atoms with Gasteiger partial charge in [0, 0.05) is 26.9 Å². The van der Waals surface area contributed by atoms with Crippen molar-refractivity contribution in [2.24, 2.45) is 0 Å². The first-order valence-corrected chi connectivity index (χ1v) is 14.2. The minimum atomic E-state index is -0.494. The van der Waals surface area contributed by atoms with Crippen molar-refractivity contribution in [1.29, 1.82) is 0 Å². The molecule has 0 saturated carbocycles. The Hall–Kier alpha value is -4.33. The highest BCUT2D eigenvalue weighted by Gasteiger charge is 2.17. The largest absolute Gasteiger partial charge is 0.325 e. The van der Waals surface area contributed by atoms with E-state index in [9.17, 15) is 14.4 Å². The lowest BCUT2D eigenvalue weighted by Crippen LogP contribution is -2.30. The van der Waals surface area contributed by atoms with Crippen LogP contribution in [0, 0.1) is 13.8 Å². The molecule has 0 aliphatic carbocycles. The molecule has 3 N–H and O–H groups in total. The van der Waals surface area contributed by atoms with Crippen LogP contribution in [0.5, 0.6) is 0 Å². The van der Waals surface area contributed by atoms with Crippen LogP contribution in [0.1, 0.15) is 34.0 Å². The Labute approximate surface area is 249 Å². The molecule has 3 amide bonds. The molecule has 0 aliphatic rings. The number of benzene rings is 4. The van der Waals surface area contributed by atoms with Crippen molar-refractivity contribution in [2.75, 3.05) is 10.6 Å². The number of aryl methyl sites for hydroxylation is 2. The molecule has 208 valence electrons. The van der Waals surface area contributed by atoms with Gasteiger partial charge in [-0.1, -0.05) is 54.1 Å². The van der Waals surface area contributed by atoms with Gasteiger partial charge in [-0.15, -0.1) is 11.8 Å². The van der Waals surface area contributed by atoms with E-state index in [1.165, 1.54) is 11.8 Å². The van der Waals surface area contributed by atoms with Crippen LogP contribution < -0.4 is 16.0 Å². The molecule has 1 unspecified atom stereocenters. The van der Waals surface area contributed by atoms with Crippen molar-refractivity contribution in [1.82, 2.24) is 5.32 Å². The predicted octanol–water partition coefficient (Wildman–Crippen LogP) is 7.49. The predicted molar refractivity (Wildman–Crippen MR) is 168 cm³/mol. The van der Waals surface area contributed by atoms with Gasteiger partial charge >= 0.3 is 0 Å². The van der Waals surface area contributed by atoms with E-state index in [4.69, 9.17) is 11.6 Å². The van der Waals surface area contributed by atoms with Gasteiger partial charge in [0.25, 0.3) is 11.8 Å². The number of carbonyl (C=O) groups excluding carboxylic acids is 3. The van der Waals surface area contributed by atoms with E-state index in [-0.39, 0.29) is 16.9 Å². The van der Waals surface area contributed by atoms with Crippen molar-refractivity contribution >= 4 is 58.5 Å². The summed E-state index contributed by atoms with van der Waals surface area (Å²) in [5.41, 5.74) is 4.63. The number of hydrogen-bond donors (Lipinski definition) is 3. The van der Waals surface area contributed by atoms with Crippen LogP contribution in [-0.4, -0.2) is 23.0 Å². The summed E-state index contributed by atoms with van der Waals surface area (Å²) in [6, 6.07) is 28.7. The van der Waals surface area contributed by atoms with E-state index in [2.05, 4.69) is 22.0 Å². The SMILES string of the molecule is Cc1cc(C)cc(NC(=O)C(C)Sc2cccc(NC(=O)/C(=C/c3ccc(Cl)cc3)NC(=O)c3ccccc3)c2)c1. The van der Waals surface area contributed by atoms with E-state index < -0.39 is 11.8 Å². The molecule has 0 bridgehead atoms. The molecule has 0 spiro atoms. The fraction of sp³-hybridized carbons (Fsp3) is 0.121. The van der Waals surface area contributed by atoms with Gasteiger partial charge in [-0.05, 0) is 98.1 Å². The van der Waals surface area contributed by atoms with E-state index in [1.54, 1.807) is 72.8 Å². The van der Waals surface area contributed by atoms with E-state index in [1.807, 2.05) is 45.0 Å². The Balaban J connectivity index is 1.47. The summed E-state index contributed by atoms with van der Waals surface area (Å²) >= 11 is 7.39. The maximum absolute atomic E-state index is 13.4. The molecule has 0 heterocycles. The molecule has 0 fully saturated rings. The molecule has 1 atom stereocenters. The summed E-state index contributed by atoms with van der Waals surface area (Å²) < 4.78 is 0. The zero-order valence-corrected chi connectivity index (χ0v) is 24.5. The van der Waals surface area contributed by atoms with Gasteiger partial charge in [-0.2, -0.15) is 0 Å². The van der Waals surface area contributed by atoms with Crippen LogP contribution in [0.25, 0.3) is 6.08 Å². The van der Waals surface area contributed by atoms with Gasteiger partial charge < -0.3 is 16.0 Å². The monoisotopic (exact) mass is 583 g/mol. The molecule has 41 heavy (non-hydrogen) atoms. The fourth-order valence-electron chi connectivity index (χ4n) is 4.06. The number of thioether (sulfide) groups is 1. The Morgan fingerprint density at radius 2 is 1.46 bits per heavy atom. The van der Waals surface area contributed by atoms with Gasteiger partial charge in [0.15, 0.2) is 0 Å². The summed E-state index contributed by atoms with van der Waals surface area (Å²) in [6.07, 6.45) is 1.59. The maximum atomic E-state index is 13.4. The van der Waals surface area contributed by atoms with Crippen LogP contribution in [0.3, 0.4) is 0 Å². The third-order valence-corrected chi connectivity index (χ3v) is 7.32. The molecule has 0 saturated heterocycles. The quantitative estimate of drug-likeness (QED) is 0.141. The minimum Gasteiger partial charge on any atom is -0.325 e. The number of rotatable bonds is 9. The first-order valence-electron chi connectivity index (χ1n) is 13.0. The lowest BCUT2D eigenvalue weighted by atomic mass is 10.1. The summed E-state index contributed by atoms with van der Waals surface area (Å²) in [5.74, 6) is -1.02. The highest BCUT2D eigenvalue weighted by Crippen LogP contribution is 2.27. The average molecular weight is 584 g/mol. The lowest BCUT2D eigenvalue weighted by molar-refractivity contribution is -0.115. The van der Waals surface area contributed by atoms with Crippen LogP contribution in [0.15, 0.2) is 108 Å². The highest BCUT2D eigenvalue weighted by molar-refractivity contribution is 8.00. The smallest absolute Gasteiger partial charge is 0.272 e. The van der Waals surface area contributed by atoms with Crippen molar-refractivity contribution < 1.29 is 14.4 Å². The fourth-order valence-corrected chi connectivity index (χ4v) is 5.11. The van der Waals surface area contributed by atoms with Crippen LogP contribution in [-0.2, 0) is 9.59 Å². The standard InChI is InChI=1S/C33H30ClN3O3S/c1-21-16-22(2)18-28(17-21)36-31(38)23(3)41-29-11-7-10-27(20-29)35-33(40)30(19-24-12-14-26(34)15-13-24)37-32(39)25-8-5-4-6-9-25/h4-20,23H,1-3H3,(H,35,40)(H,36,38)(H,37,39)/b30-19-. The number of anilines is 2. The summed E-state index contributed by atoms with van der Waals surface area (Å²) in [4.78, 5) is 39.9. The number of halogens is 1. The third-order valence-electron chi connectivity index (χ3n) is 5.97. The molecular formula is C33H30ClN3O3S. The number of hydrogen-bond acceptors (Lipinski definition) is 4. The van der Waals surface area contributed by atoms with Crippen LogP contribution in [0.4, 0.5) is 11.4 Å². The van der Waals surface area contributed by atoms with Crippen molar-refractivity contribution in [3.8, 4) is 0 Å². The van der Waals surface area contributed by atoms with E-state index in [0.717, 1.165) is 21.7 Å². The lowest BCUT2D eigenvalue weighted by Gasteiger charge is -2.14. The Morgan fingerprint density at radius 3 is 2.15 bits per heavy atom. The van der Waals surface area contributed by atoms with Gasteiger partial charge in [0.05, 0.1) is 5.25 Å². The van der Waals surface area contributed by atoms with Crippen LogP contribution >= 0.6 is 23.4 Å². The van der Waals surface area contributed by atoms with Crippen molar-refractivity contribution in [3.63, 3.8) is 0 Å². The third kappa shape index (κ3) is 8.83. The zero-order chi connectivity index (χ0) is 29.4. The first-order chi connectivity index (χ1) is 19.7. The van der Waals surface area contributed by atoms with E-state index >= 15 is 0 Å². The molecule has 0 aliphatic heterocycles. The van der Waals surface area contributed by atoms with E-state index in [0.29, 0.717) is 21.8 Å². The Bertz CT molecular complexity index is 1570. The molecule has 8 heteroatoms. The van der Waals surface area contributed by atoms with Crippen LogP contribution in [0.2, 0.25) is 5.02 Å². The zero-order valence-electron chi connectivity index (χ0n) is 22.9. The molecule has 6 nitrogen and oxygen atoms in total. The topological polar surface area (TPSA) is 87.3 Å². The van der Waals surface area contributed by atoms with Crippen molar-refractivity contribution in [3.05, 3.63) is 130 Å². The second kappa shape index (κ2) is 13.8. The van der Waals surface area contributed by atoms with Gasteiger partial charge in [0.2, 0.25) is 5.91 Å². The molecule has 4 rings (SSSR count). The molecule has 4 aromatic rings. The molecular weight excluding hydrogens is 554 g/mol. The van der Waals surface area contributed by atoms with Gasteiger partial charge in [-0.3, -0.25) is 14.4 Å². The minimum absolute atomic E-state index is 0.0698. The molecule has 4 aromatic carbocycles. The molecule has 0 radical (unpaired) electrons. The highest BCUT2D eigenvalue weighted by atomic mass is 35.5. The first kappa shape index (κ1) is 29.6. The second-order valence-electron chi connectivity index (χ2n) is 9.54. The maximum Gasteiger partial charge on any atom is 0.272 e. The number of amides is 3. The number of carbonyl (C=O) groups is 3. The normalized spacial score (nSPS) is 11.9. The summed E-state index contributed by atoms with van der Waals surface area (Å²) in [6.45, 7) is 5.81. The summed E-state index contributed by atoms with van der Waals surface area (Å²) in [5, 5.41) is 8.75. The van der Waals surface area contributed by atoms with Gasteiger partial charge in [0.1, 0.15) is 5.70 Å². The average Bonchev–Trinajstić information content (AvgIpc) is 2.94. The Kier molecular flexibility index (Phi) is 10.0. The molecule has 0 aromatic heterocycles.